The molecule has 16 heteroatoms. The van der Waals surface area contributed by atoms with Crippen LogP contribution in [0, 0.1) is 18.8 Å². The number of halogens is 2. The number of aromatic nitrogens is 5. The van der Waals surface area contributed by atoms with E-state index < -0.39 is 24.6 Å². The molecule has 13 nitrogen and oxygen atoms in total. The lowest BCUT2D eigenvalue weighted by Crippen LogP contribution is -2.48. The minimum Gasteiger partial charge on any atom is -0.391 e. The molecule has 70 heavy (non-hydrogen) atoms. The van der Waals surface area contributed by atoms with Gasteiger partial charge in [-0.15, -0.1) is 11.3 Å². The number of pyridine rings is 2. The van der Waals surface area contributed by atoms with Gasteiger partial charge in [-0.3, -0.25) is 24.1 Å². The fraction of sp³-hybridized carbons (Fsp3) is 0.444. The van der Waals surface area contributed by atoms with Gasteiger partial charge in [0.2, 0.25) is 11.8 Å². The molecule has 10 rings (SSSR count). The third-order valence-corrected chi connectivity index (χ3v) is 16.1. The zero-order valence-corrected chi connectivity index (χ0v) is 41.0. The second-order valence-electron chi connectivity index (χ2n) is 19.9. The van der Waals surface area contributed by atoms with E-state index in [1.165, 1.54) is 4.90 Å². The smallest absolute Gasteiger partial charge is 0.319 e. The van der Waals surface area contributed by atoms with Crippen LogP contribution in [0.3, 0.4) is 0 Å². The first-order chi connectivity index (χ1) is 33.9. The maximum atomic E-state index is 14.3. The molecule has 3 fully saturated rings. The molecule has 2 amide bonds. The summed E-state index contributed by atoms with van der Waals surface area (Å²) in [5.74, 6) is 0.871. The number of hydrogen-bond acceptors (Lipinski definition) is 11. The van der Waals surface area contributed by atoms with E-state index in [0.29, 0.717) is 34.0 Å². The van der Waals surface area contributed by atoms with Crippen molar-refractivity contribution in [2.24, 2.45) is 11.8 Å². The van der Waals surface area contributed by atoms with Gasteiger partial charge in [-0.2, -0.15) is 8.78 Å². The first kappa shape index (κ1) is 47.6. The second-order valence-corrected chi connectivity index (χ2v) is 20.8. The number of β-amino-alcohol motifs (C(OH)–C–C–N with tert-alkyl or cyclic N) is 1. The SMILES string of the molecule is Cc1ncsc1-c1ccc([C@H](C)NC(=O)[C@@H]2C[C@@H](O)CN2C(=O)[C@@H](c2cc(N3CCC(CCN4CCC(c5ccc(-c6ccc7c8cnccc8n(C(F)F)c7c6)cn5)CC4)CC3)no2)C(C)C)cc1. The molecule has 3 saturated heterocycles. The second kappa shape index (κ2) is 20.3. The molecule has 3 aliphatic rings. The summed E-state index contributed by atoms with van der Waals surface area (Å²) in [5, 5.41) is 19.8. The van der Waals surface area contributed by atoms with Gasteiger partial charge in [-0.1, -0.05) is 61.5 Å². The summed E-state index contributed by atoms with van der Waals surface area (Å²) in [6.07, 6.45) is 9.75. The molecule has 0 saturated carbocycles. The number of rotatable bonds is 14. The minimum atomic E-state index is -2.66. The van der Waals surface area contributed by atoms with Gasteiger partial charge in [0.1, 0.15) is 12.0 Å². The van der Waals surface area contributed by atoms with E-state index in [2.05, 4.69) is 42.4 Å². The first-order valence-corrected chi connectivity index (χ1v) is 25.6. The van der Waals surface area contributed by atoms with Crippen molar-refractivity contribution in [2.75, 3.05) is 44.2 Å². The summed E-state index contributed by atoms with van der Waals surface area (Å²) in [6.45, 7) is 10.1. The molecule has 0 bridgehead atoms. The normalized spacial score (nSPS) is 19.5. The number of nitrogens with zero attached hydrogens (tertiary/aromatic N) is 8. The Morgan fingerprint density at radius 3 is 2.33 bits per heavy atom. The zero-order valence-electron chi connectivity index (χ0n) is 40.2. The molecule has 3 aliphatic heterocycles. The van der Waals surface area contributed by atoms with Gasteiger partial charge in [0.15, 0.2) is 11.6 Å². The number of thiazole rings is 1. The fourth-order valence-corrected chi connectivity index (χ4v) is 11.9. The van der Waals surface area contributed by atoms with Crippen LogP contribution in [-0.2, 0) is 9.59 Å². The lowest BCUT2D eigenvalue weighted by atomic mass is 9.90. The number of nitrogens with one attached hydrogen (secondary N) is 1. The maximum absolute atomic E-state index is 14.3. The van der Waals surface area contributed by atoms with Gasteiger partial charge in [0.05, 0.1) is 39.3 Å². The van der Waals surface area contributed by atoms with Crippen LogP contribution in [0.5, 0.6) is 0 Å². The number of aliphatic hydroxyl groups excluding tert-OH is 1. The van der Waals surface area contributed by atoms with Crippen LogP contribution in [0.2, 0.25) is 0 Å². The largest absolute Gasteiger partial charge is 0.391 e. The zero-order chi connectivity index (χ0) is 48.6. The molecule has 0 unspecified atom stereocenters. The number of likely N-dealkylation sites (tertiary alicyclic amines) is 2. The van der Waals surface area contributed by atoms with E-state index in [-0.39, 0.29) is 36.7 Å². The Morgan fingerprint density at radius 2 is 1.63 bits per heavy atom. The molecular weight excluding hydrogens is 909 g/mol. The van der Waals surface area contributed by atoms with E-state index >= 15 is 0 Å². The van der Waals surface area contributed by atoms with Crippen LogP contribution in [0.4, 0.5) is 14.6 Å². The number of benzene rings is 2. The van der Waals surface area contributed by atoms with Crippen LogP contribution in [0.1, 0.15) is 106 Å². The predicted molar refractivity (Wildman–Crippen MR) is 269 cm³/mol. The molecule has 0 spiro atoms. The van der Waals surface area contributed by atoms with Crippen molar-refractivity contribution in [1.82, 2.24) is 39.8 Å². The summed E-state index contributed by atoms with van der Waals surface area (Å²) in [6, 6.07) is 20.4. The highest BCUT2D eigenvalue weighted by Crippen LogP contribution is 2.38. The van der Waals surface area contributed by atoms with Crippen LogP contribution in [0.25, 0.3) is 43.4 Å². The number of hydrogen-bond donors (Lipinski definition) is 2. The summed E-state index contributed by atoms with van der Waals surface area (Å²) in [5.41, 5.74) is 8.63. The lowest BCUT2D eigenvalue weighted by Gasteiger charge is -2.35. The number of aryl methyl sites for hydroxylation is 1. The number of amides is 2. The van der Waals surface area contributed by atoms with Crippen LogP contribution >= 0.6 is 11.3 Å². The van der Waals surface area contributed by atoms with Crippen molar-refractivity contribution in [3.63, 3.8) is 0 Å². The number of fused-ring (bicyclic) bond motifs is 3. The van der Waals surface area contributed by atoms with Crippen molar-refractivity contribution in [3.05, 3.63) is 114 Å². The van der Waals surface area contributed by atoms with Crippen molar-refractivity contribution < 1.29 is 28.0 Å². The standard InChI is InChI=1S/C54H61F2N9O4S/c1-32(2)50(53(68)64-30-41(66)26-47(64)52(67)60-33(3)36-5-7-38(8-6-36)51-34(4)59-31-70-51)48-27-49(61-69-48)63-23-15-35(16-24-63)14-20-62-21-17-37(18-22-62)44-12-10-40(28-58-44)39-9-11-42-43-29-57-19-13-45(43)65(54(55)56)46(42)25-39/h5-13,19,25,27-29,31-33,35,37,41,47,50,54,66H,14-18,20-24,26,30H2,1-4H3,(H,60,67)/t33-,41+,47-,50+/m0/s1. The Labute approximate surface area is 410 Å². The Morgan fingerprint density at radius 1 is 0.871 bits per heavy atom. The number of piperidine rings is 2. The average molecular weight is 970 g/mol. The topological polar surface area (TPSA) is 146 Å². The van der Waals surface area contributed by atoms with Gasteiger partial charge >= 0.3 is 6.55 Å². The number of aliphatic hydroxyl groups is 1. The van der Waals surface area contributed by atoms with Crippen LogP contribution < -0.4 is 10.2 Å². The third kappa shape index (κ3) is 9.69. The van der Waals surface area contributed by atoms with E-state index in [1.54, 1.807) is 29.8 Å². The lowest BCUT2D eigenvalue weighted by molar-refractivity contribution is -0.141. The van der Waals surface area contributed by atoms with Gasteiger partial charge in [0.25, 0.3) is 0 Å². The Kier molecular flexibility index (Phi) is 13.8. The number of anilines is 1. The van der Waals surface area contributed by atoms with E-state index in [0.717, 1.165) is 119 Å². The van der Waals surface area contributed by atoms with Gasteiger partial charge in [0, 0.05) is 78.7 Å². The van der Waals surface area contributed by atoms with Gasteiger partial charge in [-0.05, 0) is 112 Å². The molecular formula is C54H61F2N9O4S. The number of alkyl halides is 2. The molecule has 0 radical (unpaired) electrons. The third-order valence-electron chi connectivity index (χ3n) is 15.1. The molecule has 2 aromatic carbocycles. The summed E-state index contributed by atoms with van der Waals surface area (Å²) >= 11 is 1.60. The highest BCUT2D eigenvalue weighted by atomic mass is 32.1. The Bertz CT molecular complexity index is 2940. The fourth-order valence-electron chi connectivity index (χ4n) is 11.1. The molecule has 7 aromatic rings. The van der Waals surface area contributed by atoms with Crippen LogP contribution in [-0.4, -0.2) is 103 Å². The number of carbonyl (C=O) groups excluding carboxylic acids is 2. The van der Waals surface area contributed by atoms with Crippen molar-refractivity contribution in [1.29, 1.82) is 0 Å². The molecule has 366 valence electrons. The quantitative estimate of drug-likeness (QED) is 0.108. The van der Waals surface area contributed by atoms with E-state index in [9.17, 15) is 23.5 Å². The molecule has 0 aliphatic carbocycles. The Hall–Kier alpha value is -6.10. The molecule has 5 aromatic heterocycles. The summed E-state index contributed by atoms with van der Waals surface area (Å²) in [4.78, 5) is 49.0. The van der Waals surface area contributed by atoms with Gasteiger partial charge < -0.3 is 29.6 Å². The summed E-state index contributed by atoms with van der Waals surface area (Å²) in [7, 11) is 0. The Balaban J connectivity index is 0.688. The molecule has 2 N–H and O–H groups in total. The highest BCUT2D eigenvalue weighted by Gasteiger charge is 2.44. The highest BCUT2D eigenvalue weighted by molar-refractivity contribution is 7.13. The summed E-state index contributed by atoms with van der Waals surface area (Å²) < 4.78 is 35.4. The van der Waals surface area contributed by atoms with Crippen molar-refractivity contribution >= 4 is 50.8 Å². The van der Waals surface area contributed by atoms with Gasteiger partial charge in [-0.25, -0.2) is 4.98 Å². The van der Waals surface area contributed by atoms with Crippen molar-refractivity contribution in [2.45, 2.75) is 103 Å². The maximum Gasteiger partial charge on any atom is 0.319 e. The minimum absolute atomic E-state index is 0.0796. The van der Waals surface area contributed by atoms with Crippen LogP contribution in [0.15, 0.2) is 95.4 Å². The monoisotopic (exact) mass is 969 g/mol. The van der Waals surface area contributed by atoms with E-state index in [4.69, 9.17) is 9.51 Å². The number of carbonyl (C=O) groups is 2. The average Bonchev–Trinajstić information content (AvgIpc) is 4.19. The molecule has 8 heterocycles. The van der Waals surface area contributed by atoms with Crippen molar-refractivity contribution in [3.8, 4) is 21.6 Å². The molecule has 4 atom stereocenters. The predicted octanol–water partition coefficient (Wildman–Crippen LogP) is 10.1. The van der Waals surface area contributed by atoms with E-state index in [1.807, 2.05) is 87.9 Å². The first-order valence-electron chi connectivity index (χ1n) is 24.8.